The van der Waals surface area contributed by atoms with Gasteiger partial charge in [-0.15, -0.1) is 0 Å². The molecule has 0 saturated carbocycles. The largest absolute Gasteiger partial charge is 0.394 e. The summed E-state index contributed by atoms with van der Waals surface area (Å²) in [5.41, 5.74) is 0. The van der Waals surface area contributed by atoms with Crippen LogP contribution >= 0.6 is 0 Å². The monoisotopic (exact) mass is 221 g/mol. The van der Waals surface area contributed by atoms with E-state index in [0.717, 1.165) is 0 Å². The minimum atomic E-state index is -1.45. The molecule has 0 aliphatic carbocycles. The first kappa shape index (κ1) is 12.3. The Balaban J connectivity index is 2.70. The molecule has 1 aliphatic rings. The van der Waals surface area contributed by atoms with Crippen LogP contribution in [0.25, 0.3) is 0 Å². The molecule has 15 heavy (non-hydrogen) atoms. The first-order chi connectivity index (χ1) is 6.97. The van der Waals surface area contributed by atoms with Gasteiger partial charge in [-0.1, -0.05) is 0 Å². The summed E-state index contributed by atoms with van der Waals surface area (Å²) >= 11 is 0. The minimum absolute atomic E-state index is 0.462. The van der Waals surface area contributed by atoms with Crippen molar-refractivity contribution in [3.8, 4) is 0 Å². The number of aliphatic hydroxyl groups is 4. The third-order valence-electron chi connectivity index (χ3n) is 2.27. The van der Waals surface area contributed by atoms with Crippen LogP contribution in [-0.2, 0) is 9.53 Å². The predicted octanol–water partition coefficient (Wildman–Crippen LogP) is -3.08. The molecule has 88 valence electrons. The summed E-state index contributed by atoms with van der Waals surface area (Å²) in [6.07, 6.45) is -5.24. The summed E-state index contributed by atoms with van der Waals surface area (Å²) < 4.78 is 4.81. The van der Waals surface area contributed by atoms with Gasteiger partial charge in [-0.2, -0.15) is 0 Å². The van der Waals surface area contributed by atoms with Gasteiger partial charge >= 0.3 is 0 Å². The van der Waals surface area contributed by atoms with Crippen molar-refractivity contribution >= 4 is 5.91 Å². The van der Waals surface area contributed by atoms with E-state index in [0.29, 0.717) is 0 Å². The molecule has 1 rings (SSSR count). The zero-order valence-electron chi connectivity index (χ0n) is 8.20. The number of amides is 1. The van der Waals surface area contributed by atoms with Crippen LogP contribution in [0.4, 0.5) is 0 Å². The van der Waals surface area contributed by atoms with E-state index in [1.165, 1.54) is 6.92 Å². The van der Waals surface area contributed by atoms with Crippen molar-refractivity contribution in [3.05, 3.63) is 0 Å². The van der Waals surface area contributed by atoms with Gasteiger partial charge in [0, 0.05) is 6.92 Å². The zero-order valence-corrected chi connectivity index (χ0v) is 8.20. The van der Waals surface area contributed by atoms with E-state index < -0.39 is 43.2 Å². The van der Waals surface area contributed by atoms with Gasteiger partial charge in [-0.25, -0.2) is 0 Å². The number of hydrogen-bond acceptors (Lipinski definition) is 6. The number of aliphatic hydroxyl groups excluding tert-OH is 4. The third-order valence-corrected chi connectivity index (χ3v) is 2.27. The van der Waals surface area contributed by atoms with Crippen molar-refractivity contribution in [1.82, 2.24) is 5.32 Å². The van der Waals surface area contributed by atoms with Gasteiger partial charge in [-0.05, 0) is 0 Å². The summed E-state index contributed by atoms with van der Waals surface area (Å²) in [4.78, 5) is 10.7. The Morgan fingerprint density at radius 2 is 1.93 bits per heavy atom. The van der Waals surface area contributed by atoms with Gasteiger partial charge in [0.1, 0.15) is 24.4 Å². The number of hydrogen-bond donors (Lipinski definition) is 5. The Labute approximate surface area is 86.3 Å². The van der Waals surface area contributed by atoms with Crippen LogP contribution in [-0.4, -0.2) is 63.6 Å². The standard InChI is InChI=1S/C8H15NO6/c1-3(11)9-5-7(13)6(12)4(2-10)15-8(5)14/h4-8,10,12-14H,2H2,1H3,(H,9,11)/t4?,5?,6-,7+,8?/m1/s1. The molecule has 5 atom stereocenters. The first-order valence-electron chi connectivity index (χ1n) is 4.55. The Kier molecular flexibility index (Phi) is 4.00. The van der Waals surface area contributed by atoms with E-state index >= 15 is 0 Å². The molecule has 1 heterocycles. The second-order valence-electron chi connectivity index (χ2n) is 3.46. The fourth-order valence-corrected chi connectivity index (χ4v) is 1.49. The van der Waals surface area contributed by atoms with Crippen LogP contribution in [0.15, 0.2) is 0 Å². The van der Waals surface area contributed by atoms with E-state index in [9.17, 15) is 20.1 Å². The summed E-state index contributed by atoms with van der Waals surface area (Å²) in [5.74, 6) is -0.462. The van der Waals surface area contributed by atoms with Crippen molar-refractivity contribution in [2.45, 2.75) is 37.6 Å². The maximum atomic E-state index is 10.7. The van der Waals surface area contributed by atoms with E-state index in [-0.39, 0.29) is 0 Å². The lowest BCUT2D eigenvalue weighted by atomic mass is 9.97. The van der Waals surface area contributed by atoms with Crippen molar-refractivity contribution in [1.29, 1.82) is 0 Å². The quantitative estimate of drug-likeness (QED) is 0.337. The minimum Gasteiger partial charge on any atom is -0.394 e. The molecule has 1 amide bonds. The highest BCUT2D eigenvalue weighted by atomic mass is 16.6. The Morgan fingerprint density at radius 3 is 2.40 bits per heavy atom. The molecule has 1 fully saturated rings. The van der Waals surface area contributed by atoms with Gasteiger partial charge in [0.15, 0.2) is 6.29 Å². The topological polar surface area (TPSA) is 119 Å². The van der Waals surface area contributed by atoms with Crippen LogP contribution in [0, 0.1) is 0 Å². The lowest BCUT2D eigenvalue weighted by molar-refractivity contribution is -0.253. The van der Waals surface area contributed by atoms with Gasteiger partial charge in [0.2, 0.25) is 5.91 Å². The molecule has 0 spiro atoms. The molecule has 0 radical (unpaired) electrons. The molecule has 1 saturated heterocycles. The highest BCUT2D eigenvalue weighted by Crippen LogP contribution is 2.19. The van der Waals surface area contributed by atoms with E-state index in [1.807, 2.05) is 0 Å². The Morgan fingerprint density at radius 1 is 1.33 bits per heavy atom. The predicted molar refractivity (Wildman–Crippen MR) is 47.6 cm³/mol. The second-order valence-corrected chi connectivity index (χ2v) is 3.46. The van der Waals surface area contributed by atoms with Crippen LogP contribution in [0.5, 0.6) is 0 Å². The fourth-order valence-electron chi connectivity index (χ4n) is 1.49. The smallest absolute Gasteiger partial charge is 0.217 e. The molecule has 5 N–H and O–H groups in total. The molecule has 7 heteroatoms. The van der Waals surface area contributed by atoms with Crippen molar-refractivity contribution in [2.24, 2.45) is 0 Å². The Hall–Kier alpha value is -0.730. The maximum absolute atomic E-state index is 10.7. The molecule has 7 nitrogen and oxygen atoms in total. The number of rotatable bonds is 2. The number of ether oxygens (including phenoxy) is 1. The van der Waals surface area contributed by atoms with Crippen molar-refractivity contribution in [2.75, 3.05) is 6.61 Å². The summed E-state index contributed by atoms with van der Waals surface area (Å²) in [6, 6.07) is -1.10. The molecule has 0 bridgehead atoms. The van der Waals surface area contributed by atoms with Gasteiger partial charge in [0.25, 0.3) is 0 Å². The summed E-state index contributed by atoms with van der Waals surface area (Å²) in [6.45, 7) is 0.687. The van der Waals surface area contributed by atoms with Gasteiger partial charge in [0.05, 0.1) is 6.61 Å². The molecule has 0 aromatic heterocycles. The highest BCUT2D eigenvalue weighted by Gasteiger charge is 2.43. The van der Waals surface area contributed by atoms with E-state index in [2.05, 4.69) is 5.32 Å². The zero-order chi connectivity index (χ0) is 11.6. The SMILES string of the molecule is CC(=O)NC1C(O)OC(CO)[C@@H](O)[C@H]1O. The number of carbonyl (C=O) groups excluding carboxylic acids is 1. The highest BCUT2D eigenvalue weighted by molar-refractivity contribution is 5.73. The maximum Gasteiger partial charge on any atom is 0.217 e. The average Bonchev–Trinajstić information content (AvgIpc) is 2.18. The third kappa shape index (κ3) is 2.64. The van der Waals surface area contributed by atoms with Crippen molar-refractivity contribution < 1.29 is 30.0 Å². The average molecular weight is 221 g/mol. The molecular weight excluding hydrogens is 206 g/mol. The number of carbonyl (C=O) groups is 1. The van der Waals surface area contributed by atoms with Crippen LogP contribution < -0.4 is 5.32 Å². The summed E-state index contributed by atoms with van der Waals surface area (Å²) in [7, 11) is 0. The normalized spacial score (nSPS) is 41.3. The van der Waals surface area contributed by atoms with Crippen LogP contribution in [0.3, 0.4) is 0 Å². The Bertz CT molecular complexity index is 235. The van der Waals surface area contributed by atoms with Crippen LogP contribution in [0.1, 0.15) is 6.92 Å². The van der Waals surface area contributed by atoms with Crippen molar-refractivity contribution in [3.63, 3.8) is 0 Å². The summed E-state index contributed by atoms with van der Waals surface area (Å²) in [5, 5.41) is 39.4. The molecule has 3 unspecified atom stereocenters. The number of nitrogens with one attached hydrogen (secondary N) is 1. The lowest BCUT2D eigenvalue weighted by Crippen LogP contribution is -2.63. The molecule has 1 aliphatic heterocycles. The van der Waals surface area contributed by atoms with Gasteiger partial charge in [-0.3, -0.25) is 4.79 Å². The molecule has 0 aromatic rings. The van der Waals surface area contributed by atoms with Gasteiger partial charge < -0.3 is 30.5 Å². The first-order valence-corrected chi connectivity index (χ1v) is 4.55. The van der Waals surface area contributed by atoms with E-state index in [1.54, 1.807) is 0 Å². The second kappa shape index (κ2) is 4.86. The molecular formula is C8H15NO6. The fraction of sp³-hybridized carbons (Fsp3) is 0.875. The van der Waals surface area contributed by atoms with E-state index in [4.69, 9.17) is 9.84 Å². The molecule has 0 aromatic carbocycles. The van der Waals surface area contributed by atoms with Crippen LogP contribution in [0.2, 0.25) is 0 Å². The lowest BCUT2D eigenvalue weighted by Gasteiger charge is -2.40.